The molecule has 2 aromatic heterocycles. The fourth-order valence-electron chi connectivity index (χ4n) is 3.42. The molecule has 1 aromatic carbocycles. The van der Waals surface area contributed by atoms with Crippen LogP contribution in [0.3, 0.4) is 0 Å². The van der Waals surface area contributed by atoms with Crippen LogP contribution in [0.2, 0.25) is 0 Å². The van der Waals surface area contributed by atoms with Gasteiger partial charge in [-0.25, -0.2) is 4.98 Å². The number of anilines is 3. The molecule has 32 heavy (non-hydrogen) atoms. The summed E-state index contributed by atoms with van der Waals surface area (Å²) in [4.78, 5) is 31.5. The van der Waals surface area contributed by atoms with E-state index in [4.69, 9.17) is 0 Å². The lowest BCUT2D eigenvalue weighted by Gasteiger charge is -2.27. The summed E-state index contributed by atoms with van der Waals surface area (Å²) in [6.07, 6.45) is 3.22. The van der Waals surface area contributed by atoms with E-state index in [-0.39, 0.29) is 24.1 Å². The normalized spacial score (nSPS) is 13.8. The third-order valence-electron chi connectivity index (χ3n) is 5.26. The van der Waals surface area contributed by atoms with E-state index in [1.54, 1.807) is 36.0 Å². The zero-order chi connectivity index (χ0) is 22.7. The van der Waals surface area contributed by atoms with Gasteiger partial charge in [0.2, 0.25) is 5.91 Å². The Hall–Kier alpha value is -3.44. The van der Waals surface area contributed by atoms with Gasteiger partial charge in [0.15, 0.2) is 10.9 Å². The molecule has 2 amide bonds. The molecule has 3 aromatic rings. The number of nitrogens with one attached hydrogen (secondary N) is 3. The van der Waals surface area contributed by atoms with E-state index in [2.05, 4.69) is 26.0 Å². The highest BCUT2D eigenvalue weighted by Gasteiger charge is 2.18. The first-order valence-corrected chi connectivity index (χ1v) is 11.1. The lowest BCUT2D eigenvalue weighted by Crippen LogP contribution is -2.47. The summed E-state index contributed by atoms with van der Waals surface area (Å²) in [5.74, 6) is 0.397. The lowest BCUT2D eigenvalue weighted by molar-refractivity contribution is -0.132. The number of hydrogen-bond donors (Lipinski definition) is 4. The van der Waals surface area contributed by atoms with Gasteiger partial charge >= 0.3 is 0 Å². The van der Waals surface area contributed by atoms with Crippen LogP contribution in [0.1, 0.15) is 20.8 Å². The molecule has 0 aliphatic carbocycles. The number of aromatic hydroxyl groups is 1. The van der Waals surface area contributed by atoms with Gasteiger partial charge < -0.3 is 26.0 Å². The van der Waals surface area contributed by atoms with E-state index in [0.29, 0.717) is 40.2 Å². The van der Waals surface area contributed by atoms with E-state index in [1.807, 2.05) is 11.8 Å². The Morgan fingerprint density at radius 2 is 2.00 bits per heavy atom. The van der Waals surface area contributed by atoms with Crippen LogP contribution in [0.4, 0.5) is 16.6 Å². The van der Waals surface area contributed by atoms with Crippen molar-refractivity contribution in [1.82, 2.24) is 25.0 Å². The predicted octanol–water partition coefficient (Wildman–Crippen LogP) is 2.09. The van der Waals surface area contributed by atoms with Crippen LogP contribution < -0.4 is 16.0 Å². The molecule has 1 aliphatic rings. The van der Waals surface area contributed by atoms with Crippen molar-refractivity contribution in [2.24, 2.45) is 0 Å². The van der Waals surface area contributed by atoms with Gasteiger partial charge in [-0.2, -0.15) is 5.10 Å². The summed E-state index contributed by atoms with van der Waals surface area (Å²) in [5.41, 5.74) is 2.06. The number of aromatic nitrogens is 3. The first-order valence-electron chi connectivity index (χ1n) is 10.3. The number of phenols is 1. The van der Waals surface area contributed by atoms with Crippen molar-refractivity contribution in [3.05, 3.63) is 46.6 Å². The minimum absolute atomic E-state index is 0.0342. The number of hydrogen-bond acceptors (Lipinski definition) is 8. The molecule has 11 heteroatoms. The van der Waals surface area contributed by atoms with Gasteiger partial charge in [-0.3, -0.25) is 14.3 Å². The molecule has 4 N–H and O–H groups in total. The summed E-state index contributed by atoms with van der Waals surface area (Å²) < 4.78 is 1.58. The summed E-state index contributed by atoms with van der Waals surface area (Å²) >= 11 is 1.19. The van der Waals surface area contributed by atoms with Gasteiger partial charge in [0.25, 0.3) is 5.91 Å². The average Bonchev–Trinajstić information content (AvgIpc) is 3.44. The summed E-state index contributed by atoms with van der Waals surface area (Å²) in [6.45, 7) is 6.82. The Labute approximate surface area is 189 Å². The van der Waals surface area contributed by atoms with Crippen LogP contribution >= 0.6 is 11.3 Å². The SMILES string of the molecule is Cc1ccc(O)c(C)c1NC(=O)c1cnc(Nc2ccn(CC(=O)N3CCNCC3)n2)s1. The number of aryl methyl sites for hydroxylation is 1. The monoisotopic (exact) mass is 455 g/mol. The van der Waals surface area contributed by atoms with Crippen LogP contribution in [0.15, 0.2) is 30.6 Å². The number of amides is 2. The van der Waals surface area contributed by atoms with Crippen LogP contribution in [0.25, 0.3) is 0 Å². The van der Waals surface area contributed by atoms with Gasteiger partial charge in [-0.05, 0) is 25.5 Å². The zero-order valence-corrected chi connectivity index (χ0v) is 18.7. The summed E-state index contributed by atoms with van der Waals surface area (Å²) in [6, 6.07) is 5.11. The van der Waals surface area contributed by atoms with Crippen LogP contribution in [0.5, 0.6) is 5.75 Å². The number of nitrogens with zero attached hydrogens (tertiary/aromatic N) is 4. The molecular formula is C21H25N7O3S. The number of piperazine rings is 1. The standard InChI is InChI=1S/C21H25N7O3S/c1-13-3-4-15(29)14(2)19(13)25-20(31)16-11-23-21(32-16)24-17-5-8-28(26-17)12-18(30)27-9-6-22-7-10-27/h3-5,8,11,22,29H,6-7,9-10,12H2,1-2H3,(H,25,31)(H,23,24,26). The fraction of sp³-hybridized carbons (Fsp3) is 0.333. The number of benzene rings is 1. The molecule has 0 bridgehead atoms. The topological polar surface area (TPSA) is 124 Å². The van der Waals surface area contributed by atoms with Crippen molar-refractivity contribution in [3.63, 3.8) is 0 Å². The van der Waals surface area contributed by atoms with Crippen molar-refractivity contribution in [2.75, 3.05) is 36.8 Å². The predicted molar refractivity (Wildman–Crippen MR) is 123 cm³/mol. The molecule has 0 saturated carbocycles. The first-order chi connectivity index (χ1) is 15.4. The van der Waals surface area contributed by atoms with Gasteiger partial charge in [-0.1, -0.05) is 17.4 Å². The highest BCUT2D eigenvalue weighted by Crippen LogP contribution is 2.29. The summed E-state index contributed by atoms with van der Waals surface area (Å²) in [5, 5.41) is 23.9. The van der Waals surface area contributed by atoms with Crippen molar-refractivity contribution in [1.29, 1.82) is 0 Å². The van der Waals surface area contributed by atoms with E-state index < -0.39 is 0 Å². The van der Waals surface area contributed by atoms with Crippen molar-refractivity contribution >= 4 is 39.8 Å². The summed E-state index contributed by atoms with van der Waals surface area (Å²) in [7, 11) is 0. The number of thiazole rings is 1. The van der Waals surface area contributed by atoms with Gasteiger partial charge in [-0.15, -0.1) is 0 Å². The second kappa shape index (κ2) is 9.37. The Bertz CT molecular complexity index is 1130. The number of carbonyl (C=O) groups is 2. The maximum atomic E-state index is 12.7. The molecule has 0 unspecified atom stereocenters. The molecule has 1 saturated heterocycles. The number of phenolic OH excluding ortho intramolecular Hbond substituents is 1. The third kappa shape index (κ3) is 4.89. The maximum Gasteiger partial charge on any atom is 0.267 e. The molecule has 4 rings (SSSR count). The molecule has 0 spiro atoms. The Morgan fingerprint density at radius 3 is 2.78 bits per heavy atom. The Kier molecular flexibility index (Phi) is 6.37. The second-order valence-electron chi connectivity index (χ2n) is 7.54. The third-order valence-corrected chi connectivity index (χ3v) is 6.17. The van der Waals surface area contributed by atoms with E-state index >= 15 is 0 Å². The molecule has 3 heterocycles. The molecule has 0 radical (unpaired) electrons. The molecular weight excluding hydrogens is 430 g/mol. The van der Waals surface area contributed by atoms with E-state index in [9.17, 15) is 14.7 Å². The van der Waals surface area contributed by atoms with E-state index in [1.165, 1.54) is 17.5 Å². The zero-order valence-electron chi connectivity index (χ0n) is 17.9. The Morgan fingerprint density at radius 1 is 1.22 bits per heavy atom. The highest BCUT2D eigenvalue weighted by molar-refractivity contribution is 7.17. The molecule has 0 atom stereocenters. The number of carbonyl (C=O) groups excluding carboxylic acids is 2. The van der Waals surface area contributed by atoms with Crippen molar-refractivity contribution in [2.45, 2.75) is 20.4 Å². The molecule has 1 fully saturated rings. The van der Waals surface area contributed by atoms with Gasteiger partial charge in [0, 0.05) is 44.0 Å². The fourth-order valence-corrected chi connectivity index (χ4v) is 4.14. The minimum atomic E-state index is -0.306. The van der Waals surface area contributed by atoms with Crippen molar-refractivity contribution < 1.29 is 14.7 Å². The van der Waals surface area contributed by atoms with Crippen LogP contribution in [-0.2, 0) is 11.3 Å². The van der Waals surface area contributed by atoms with Crippen LogP contribution in [0, 0.1) is 13.8 Å². The second-order valence-corrected chi connectivity index (χ2v) is 8.57. The number of rotatable bonds is 6. The highest BCUT2D eigenvalue weighted by atomic mass is 32.1. The van der Waals surface area contributed by atoms with E-state index in [0.717, 1.165) is 18.7 Å². The minimum Gasteiger partial charge on any atom is -0.508 e. The molecule has 168 valence electrons. The smallest absolute Gasteiger partial charge is 0.267 e. The van der Waals surface area contributed by atoms with Crippen LogP contribution in [-0.4, -0.2) is 62.8 Å². The maximum absolute atomic E-state index is 12.7. The average molecular weight is 456 g/mol. The van der Waals surface area contributed by atoms with Gasteiger partial charge in [0.05, 0.1) is 11.9 Å². The first kappa shape index (κ1) is 21.8. The quantitative estimate of drug-likeness (QED) is 0.449. The Balaban J connectivity index is 1.37. The van der Waals surface area contributed by atoms with Crippen molar-refractivity contribution in [3.8, 4) is 5.75 Å². The molecule has 1 aliphatic heterocycles. The van der Waals surface area contributed by atoms with Gasteiger partial charge in [0.1, 0.15) is 17.2 Å². The largest absolute Gasteiger partial charge is 0.508 e. The lowest BCUT2D eigenvalue weighted by atomic mass is 10.1. The molecule has 10 nitrogen and oxygen atoms in total.